The number of carbonyl (C=O) groups excluding carboxylic acids is 2. The van der Waals surface area contributed by atoms with Gasteiger partial charge >= 0.3 is 0 Å². The van der Waals surface area contributed by atoms with Gasteiger partial charge in [0, 0.05) is 23.5 Å². The molecule has 10 heteroatoms. The summed E-state index contributed by atoms with van der Waals surface area (Å²) in [6, 6.07) is 28.9. The zero-order chi connectivity index (χ0) is 31.8. The molecular weight excluding hydrogens is 657 g/mol. The van der Waals surface area contributed by atoms with Crippen LogP contribution in [-0.2, 0) is 32.6 Å². The molecule has 234 valence electrons. The van der Waals surface area contributed by atoms with E-state index in [9.17, 15) is 18.0 Å². The first-order valence-corrected chi connectivity index (χ1v) is 17.2. The van der Waals surface area contributed by atoms with E-state index in [1.54, 1.807) is 18.2 Å². The highest BCUT2D eigenvalue weighted by molar-refractivity contribution is 9.10. The van der Waals surface area contributed by atoms with Crippen molar-refractivity contribution in [1.29, 1.82) is 0 Å². The third-order valence-corrected chi connectivity index (χ3v) is 10.2. The molecule has 1 fully saturated rings. The van der Waals surface area contributed by atoms with Gasteiger partial charge in [-0.3, -0.25) is 13.9 Å². The molecule has 1 N–H and O–H groups in total. The molecular formula is C35H35BrFN3O4S. The Morgan fingerprint density at radius 2 is 1.47 bits per heavy atom. The van der Waals surface area contributed by atoms with Crippen molar-refractivity contribution in [3.63, 3.8) is 0 Å². The number of para-hydroxylation sites is 1. The van der Waals surface area contributed by atoms with Gasteiger partial charge in [-0.25, -0.2) is 12.8 Å². The lowest BCUT2D eigenvalue weighted by atomic mass is 10.0. The lowest BCUT2D eigenvalue weighted by Crippen LogP contribution is -2.54. The molecule has 0 heterocycles. The summed E-state index contributed by atoms with van der Waals surface area (Å²) in [6.07, 6.45) is 3.97. The van der Waals surface area contributed by atoms with E-state index in [2.05, 4.69) is 21.2 Å². The number of benzene rings is 4. The molecule has 0 unspecified atom stereocenters. The fourth-order valence-corrected chi connectivity index (χ4v) is 7.53. The fourth-order valence-electron chi connectivity index (χ4n) is 5.64. The van der Waals surface area contributed by atoms with Crippen molar-refractivity contribution < 1.29 is 22.4 Å². The summed E-state index contributed by atoms with van der Waals surface area (Å²) in [7, 11) is -4.37. The van der Waals surface area contributed by atoms with Crippen molar-refractivity contribution in [2.24, 2.45) is 0 Å². The number of hydrogen-bond donors (Lipinski definition) is 1. The minimum absolute atomic E-state index is 0.00645. The highest BCUT2D eigenvalue weighted by Gasteiger charge is 2.36. The molecule has 0 aliphatic heterocycles. The summed E-state index contributed by atoms with van der Waals surface area (Å²) in [5.41, 5.74) is 1.33. The van der Waals surface area contributed by atoms with Crippen molar-refractivity contribution in [3.05, 3.63) is 131 Å². The first kappa shape index (κ1) is 32.4. The van der Waals surface area contributed by atoms with E-state index in [0.29, 0.717) is 0 Å². The van der Waals surface area contributed by atoms with Gasteiger partial charge in [0.1, 0.15) is 18.4 Å². The van der Waals surface area contributed by atoms with Crippen molar-refractivity contribution in [2.45, 2.75) is 55.6 Å². The molecule has 0 radical (unpaired) electrons. The molecule has 4 aromatic carbocycles. The predicted octanol–water partition coefficient (Wildman–Crippen LogP) is 6.48. The van der Waals surface area contributed by atoms with Crippen LogP contribution in [0.1, 0.15) is 36.8 Å². The average molecular weight is 693 g/mol. The molecule has 0 aromatic heterocycles. The zero-order valence-electron chi connectivity index (χ0n) is 24.7. The second-order valence-corrected chi connectivity index (χ2v) is 13.9. The van der Waals surface area contributed by atoms with Gasteiger partial charge in [-0.05, 0) is 60.4 Å². The van der Waals surface area contributed by atoms with Crippen LogP contribution in [0.3, 0.4) is 0 Å². The summed E-state index contributed by atoms with van der Waals surface area (Å²) in [6.45, 7) is -0.682. The number of hydrogen-bond acceptors (Lipinski definition) is 4. The molecule has 7 nitrogen and oxygen atoms in total. The Morgan fingerprint density at radius 3 is 2.13 bits per heavy atom. The van der Waals surface area contributed by atoms with Crippen LogP contribution in [0.4, 0.5) is 10.1 Å². The molecule has 1 atom stereocenters. The van der Waals surface area contributed by atoms with Crippen LogP contribution in [-0.4, -0.2) is 43.8 Å². The van der Waals surface area contributed by atoms with Gasteiger partial charge in [0.15, 0.2) is 0 Å². The molecule has 1 aliphatic carbocycles. The van der Waals surface area contributed by atoms with Crippen molar-refractivity contribution in [2.75, 3.05) is 10.8 Å². The summed E-state index contributed by atoms with van der Waals surface area (Å²) >= 11 is 3.49. The van der Waals surface area contributed by atoms with Gasteiger partial charge in [-0.2, -0.15) is 0 Å². The van der Waals surface area contributed by atoms with Crippen molar-refractivity contribution in [1.82, 2.24) is 10.2 Å². The van der Waals surface area contributed by atoms with Gasteiger partial charge < -0.3 is 10.2 Å². The maximum Gasteiger partial charge on any atom is 0.264 e. The van der Waals surface area contributed by atoms with E-state index < -0.39 is 34.3 Å². The maximum absolute atomic E-state index is 15.2. The van der Waals surface area contributed by atoms with Crippen LogP contribution in [0.2, 0.25) is 0 Å². The number of rotatable bonds is 12. The summed E-state index contributed by atoms with van der Waals surface area (Å²) in [4.78, 5) is 29.9. The molecule has 0 spiro atoms. The van der Waals surface area contributed by atoms with Gasteiger partial charge in [-0.15, -0.1) is 0 Å². The Balaban J connectivity index is 1.57. The van der Waals surface area contributed by atoms with E-state index in [-0.39, 0.29) is 35.5 Å². The zero-order valence-corrected chi connectivity index (χ0v) is 27.1. The Morgan fingerprint density at radius 1 is 0.844 bits per heavy atom. The Labute approximate surface area is 272 Å². The number of carbonyl (C=O) groups is 2. The molecule has 2 amide bonds. The minimum atomic E-state index is -4.37. The summed E-state index contributed by atoms with van der Waals surface area (Å²) in [5.74, 6) is -1.74. The SMILES string of the molecule is O=C(NC1CCCC1)[C@@H](Cc1ccccc1)N(Cc1cccc(Br)c1)C(=O)CN(c1ccccc1F)S(=O)(=O)c1ccccc1. The second kappa shape index (κ2) is 14.8. The van der Waals surface area contributed by atoms with Gasteiger partial charge in [0.25, 0.3) is 10.0 Å². The molecule has 45 heavy (non-hydrogen) atoms. The standard InChI is InChI=1S/C35H35BrFN3O4S/c36-28-15-11-14-27(22-28)24-39(33(23-26-12-3-1-4-13-26)35(42)38-29-16-7-8-17-29)34(41)25-40(32-21-10-9-20-31(32)37)45(43,44)30-18-5-2-6-19-30/h1-6,9-15,18-22,29,33H,7-8,16-17,23-25H2,(H,38,42)/t33-/m1/s1. The Kier molecular flexibility index (Phi) is 10.7. The summed E-state index contributed by atoms with van der Waals surface area (Å²) in [5, 5.41) is 3.15. The third-order valence-electron chi connectivity index (χ3n) is 7.95. The second-order valence-electron chi connectivity index (χ2n) is 11.1. The number of nitrogens with zero attached hydrogens (tertiary/aromatic N) is 2. The fraction of sp³-hybridized carbons (Fsp3) is 0.257. The molecule has 1 saturated carbocycles. The summed E-state index contributed by atoms with van der Waals surface area (Å²) < 4.78 is 44.8. The molecule has 0 saturated heterocycles. The van der Waals surface area contributed by atoms with Crippen molar-refractivity contribution in [3.8, 4) is 0 Å². The molecule has 4 aromatic rings. The number of amides is 2. The molecule has 0 bridgehead atoms. The topological polar surface area (TPSA) is 86.8 Å². The highest BCUT2D eigenvalue weighted by atomic mass is 79.9. The maximum atomic E-state index is 15.2. The lowest BCUT2D eigenvalue weighted by molar-refractivity contribution is -0.140. The van der Waals surface area contributed by atoms with Crippen LogP contribution in [0, 0.1) is 5.82 Å². The monoisotopic (exact) mass is 691 g/mol. The molecule has 5 rings (SSSR count). The van der Waals surface area contributed by atoms with Gasteiger partial charge in [-0.1, -0.05) is 102 Å². The first-order valence-electron chi connectivity index (χ1n) is 14.9. The van der Waals surface area contributed by atoms with E-state index in [1.165, 1.54) is 35.2 Å². The number of halogens is 2. The number of nitrogens with one attached hydrogen (secondary N) is 1. The van der Waals surface area contributed by atoms with Crippen LogP contribution < -0.4 is 9.62 Å². The van der Waals surface area contributed by atoms with E-state index in [4.69, 9.17) is 0 Å². The lowest BCUT2D eigenvalue weighted by Gasteiger charge is -2.34. The van der Waals surface area contributed by atoms with Crippen LogP contribution in [0.25, 0.3) is 0 Å². The highest BCUT2D eigenvalue weighted by Crippen LogP contribution is 2.28. The number of sulfonamides is 1. The van der Waals surface area contributed by atoms with E-state index in [0.717, 1.165) is 51.7 Å². The quantitative estimate of drug-likeness (QED) is 0.184. The predicted molar refractivity (Wildman–Crippen MR) is 176 cm³/mol. The smallest absolute Gasteiger partial charge is 0.264 e. The van der Waals surface area contributed by atoms with Gasteiger partial charge in [0.05, 0.1) is 10.6 Å². The van der Waals surface area contributed by atoms with E-state index in [1.807, 2.05) is 54.6 Å². The van der Waals surface area contributed by atoms with Crippen LogP contribution in [0.5, 0.6) is 0 Å². The normalized spacial score (nSPS) is 14.1. The first-order chi connectivity index (χ1) is 21.7. The molecule has 1 aliphatic rings. The Bertz CT molecular complexity index is 1720. The minimum Gasteiger partial charge on any atom is -0.352 e. The number of anilines is 1. The van der Waals surface area contributed by atoms with E-state index >= 15 is 4.39 Å². The van der Waals surface area contributed by atoms with Crippen LogP contribution >= 0.6 is 15.9 Å². The third kappa shape index (κ3) is 8.18. The van der Waals surface area contributed by atoms with Gasteiger partial charge in [0.2, 0.25) is 11.8 Å². The van der Waals surface area contributed by atoms with Crippen LogP contribution in [0.15, 0.2) is 119 Å². The largest absolute Gasteiger partial charge is 0.352 e. The Hall–Kier alpha value is -4.02. The van der Waals surface area contributed by atoms with Crippen molar-refractivity contribution >= 4 is 43.5 Å². The average Bonchev–Trinajstić information content (AvgIpc) is 3.56.